The van der Waals surface area contributed by atoms with Gasteiger partial charge in [-0.3, -0.25) is 4.79 Å². The van der Waals surface area contributed by atoms with Crippen LogP contribution in [-0.2, 0) is 0 Å². The summed E-state index contributed by atoms with van der Waals surface area (Å²) >= 11 is 0. The van der Waals surface area contributed by atoms with Crippen LogP contribution in [0.25, 0.3) is 6.08 Å². The summed E-state index contributed by atoms with van der Waals surface area (Å²) < 4.78 is 21.3. The van der Waals surface area contributed by atoms with Gasteiger partial charge in [-0.25, -0.2) is 0 Å². The molecule has 1 heterocycles. The van der Waals surface area contributed by atoms with Crippen molar-refractivity contribution in [3.8, 4) is 29.1 Å². The van der Waals surface area contributed by atoms with Crippen LogP contribution in [0, 0.1) is 11.3 Å². The largest absolute Gasteiger partial charge is 0.493 e. The molecule has 0 aliphatic carbocycles. The lowest BCUT2D eigenvalue weighted by Gasteiger charge is -2.08. The van der Waals surface area contributed by atoms with E-state index in [4.69, 9.17) is 24.2 Å². The summed E-state index contributed by atoms with van der Waals surface area (Å²) in [5.41, 5.74) is 1.20. The monoisotopic (exact) mass is 337 g/mol. The minimum absolute atomic E-state index is 0.0684. The zero-order valence-corrected chi connectivity index (χ0v) is 13.7. The third kappa shape index (κ3) is 3.26. The second kappa shape index (κ2) is 6.97. The molecule has 6 heteroatoms. The van der Waals surface area contributed by atoms with Crippen molar-refractivity contribution in [2.45, 2.75) is 0 Å². The number of hydrogen-bond donors (Lipinski definition) is 0. The molecule has 0 fully saturated rings. The molecule has 0 saturated carbocycles. The molecule has 0 N–H and O–H groups in total. The molecular formula is C19H15NO5. The number of carbonyl (C=O) groups is 1. The van der Waals surface area contributed by atoms with Crippen LogP contribution < -0.4 is 18.9 Å². The van der Waals surface area contributed by atoms with Gasteiger partial charge in [0.1, 0.15) is 17.6 Å². The van der Waals surface area contributed by atoms with E-state index in [1.807, 2.05) is 6.07 Å². The molecule has 0 radical (unpaired) electrons. The number of ketones is 1. The maximum Gasteiger partial charge on any atom is 0.231 e. The van der Waals surface area contributed by atoms with Crippen molar-refractivity contribution in [3.63, 3.8) is 0 Å². The van der Waals surface area contributed by atoms with Gasteiger partial charge in [0.2, 0.25) is 5.78 Å². The number of nitrogens with zero attached hydrogens (tertiary/aromatic N) is 1. The second-order valence-corrected chi connectivity index (χ2v) is 5.16. The normalized spacial score (nSPS) is 13.8. The number of nitriles is 1. The first-order chi connectivity index (χ1) is 12.2. The third-order valence-electron chi connectivity index (χ3n) is 3.65. The smallest absolute Gasteiger partial charge is 0.231 e. The lowest BCUT2D eigenvalue weighted by Crippen LogP contribution is -1.98. The maximum atomic E-state index is 12.5. The predicted molar refractivity (Wildman–Crippen MR) is 90.0 cm³/mol. The molecular weight excluding hydrogens is 322 g/mol. The SMILES string of the molecule is COc1ccc(/C=C2/Oc3cc(OCC#N)ccc3C2=O)cc1OC. The van der Waals surface area contributed by atoms with Gasteiger partial charge < -0.3 is 18.9 Å². The van der Waals surface area contributed by atoms with Crippen molar-refractivity contribution >= 4 is 11.9 Å². The van der Waals surface area contributed by atoms with Crippen molar-refractivity contribution in [2.24, 2.45) is 0 Å². The molecule has 1 aliphatic rings. The lowest BCUT2D eigenvalue weighted by atomic mass is 10.1. The zero-order valence-electron chi connectivity index (χ0n) is 13.7. The number of Topliss-reactive ketones (excluding diaryl/α,β-unsaturated/α-hetero) is 1. The van der Waals surface area contributed by atoms with Crippen molar-refractivity contribution in [2.75, 3.05) is 20.8 Å². The van der Waals surface area contributed by atoms with E-state index < -0.39 is 0 Å². The molecule has 0 unspecified atom stereocenters. The zero-order chi connectivity index (χ0) is 17.8. The van der Waals surface area contributed by atoms with Crippen molar-refractivity contribution in [1.29, 1.82) is 5.26 Å². The topological polar surface area (TPSA) is 77.8 Å². The number of benzene rings is 2. The van der Waals surface area contributed by atoms with E-state index in [2.05, 4.69) is 0 Å². The highest BCUT2D eigenvalue weighted by Gasteiger charge is 2.27. The van der Waals surface area contributed by atoms with E-state index in [1.54, 1.807) is 56.7 Å². The summed E-state index contributed by atoms with van der Waals surface area (Å²) in [6.45, 7) is -0.0684. The van der Waals surface area contributed by atoms with Gasteiger partial charge in [0.05, 0.1) is 19.8 Å². The van der Waals surface area contributed by atoms with Crippen molar-refractivity contribution in [3.05, 3.63) is 53.3 Å². The van der Waals surface area contributed by atoms with Crippen LogP contribution in [0.2, 0.25) is 0 Å². The Labute approximate surface area is 144 Å². The molecule has 0 spiro atoms. The molecule has 0 amide bonds. The van der Waals surface area contributed by atoms with Crippen molar-refractivity contribution < 1.29 is 23.7 Å². The average molecular weight is 337 g/mol. The number of ether oxygens (including phenoxy) is 4. The third-order valence-corrected chi connectivity index (χ3v) is 3.65. The van der Waals surface area contributed by atoms with Crippen LogP contribution in [0.5, 0.6) is 23.0 Å². The van der Waals surface area contributed by atoms with E-state index in [1.165, 1.54) is 0 Å². The second-order valence-electron chi connectivity index (χ2n) is 5.16. The average Bonchev–Trinajstić information content (AvgIpc) is 2.95. The minimum Gasteiger partial charge on any atom is -0.493 e. The molecule has 0 bridgehead atoms. The number of methoxy groups -OCH3 is 2. The summed E-state index contributed by atoms with van der Waals surface area (Å²) in [5.74, 6) is 2.04. The summed E-state index contributed by atoms with van der Waals surface area (Å²) in [6, 6.07) is 12.1. The molecule has 0 aromatic heterocycles. The summed E-state index contributed by atoms with van der Waals surface area (Å²) in [4.78, 5) is 12.5. The van der Waals surface area contributed by atoms with Crippen LogP contribution in [0.1, 0.15) is 15.9 Å². The Kier molecular flexibility index (Phi) is 4.57. The number of fused-ring (bicyclic) bond motifs is 1. The standard InChI is InChI=1S/C19H15NO5/c1-22-15-6-3-12(9-17(15)23-2)10-18-19(21)14-5-4-13(24-8-7-20)11-16(14)25-18/h3-6,9-11H,8H2,1-2H3/b18-10+. The summed E-state index contributed by atoms with van der Waals surface area (Å²) in [7, 11) is 3.10. The van der Waals surface area contributed by atoms with Gasteiger partial charge in [-0.2, -0.15) is 5.26 Å². The lowest BCUT2D eigenvalue weighted by molar-refractivity contribution is 0.101. The highest BCUT2D eigenvalue weighted by molar-refractivity contribution is 6.14. The van der Waals surface area contributed by atoms with Gasteiger partial charge in [0.15, 0.2) is 23.9 Å². The van der Waals surface area contributed by atoms with Gasteiger partial charge in [0.25, 0.3) is 0 Å². The first-order valence-corrected chi connectivity index (χ1v) is 7.46. The van der Waals surface area contributed by atoms with Crippen LogP contribution in [-0.4, -0.2) is 26.6 Å². The fourth-order valence-corrected chi connectivity index (χ4v) is 2.47. The highest BCUT2D eigenvalue weighted by Crippen LogP contribution is 2.35. The molecule has 2 aromatic carbocycles. The Morgan fingerprint density at radius 3 is 2.64 bits per heavy atom. The van der Waals surface area contributed by atoms with E-state index in [0.717, 1.165) is 5.56 Å². The minimum atomic E-state index is -0.211. The molecule has 1 aliphatic heterocycles. The van der Waals surface area contributed by atoms with E-state index in [9.17, 15) is 4.79 Å². The number of rotatable bonds is 5. The molecule has 126 valence electrons. The number of allylic oxidation sites excluding steroid dienone is 1. The van der Waals surface area contributed by atoms with Gasteiger partial charge in [-0.05, 0) is 35.9 Å². The fraction of sp³-hybridized carbons (Fsp3) is 0.158. The van der Waals surface area contributed by atoms with Gasteiger partial charge >= 0.3 is 0 Å². The Balaban J connectivity index is 1.88. The predicted octanol–water partition coefficient (Wildman–Crippen LogP) is 3.22. The number of carbonyl (C=O) groups excluding carboxylic acids is 1. The summed E-state index contributed by atoms with van der Waals surface area (Å²) in [5, 5.41) is 8.56. The maximum absolute atomic E-state index is 12.5. The molecule has 0 saturated heterocycles. The van der Waals surface area contributed by atoms with Gasteiger partial charge in [-0.15, -0.1) is 0 Å². The van der Waals surface area contributed by atoms with Crippen LogP contribution in [0.4, 0.5) is 0 Å². The number of hydrogen-bond acceptors (Lipinski definition) is 6. The summed E-state index contributed by atoms with van der Waals surface area (Å²) in [6.07, 6.45) is 1.64. The fourth-order valence-electron chi connectivity index (χ4n) is 2.47. The quantitative estimate of drug-likeness (QED) is 0.780. The first kappa shape index (κ1) is 16.4. The van der Waals surface area contributed by atoms with Crippen LogP contribution in [0.3, 0.4) is 0 Å². The Hall–Kier alpha value is -3.46. The first-order valence-electron chi connectivity index (χ1n) is 7.46. The van der Waals surface area contributed by atoms with E-state index in [-0.39, 0.29) is 18.1 Å². The van der Waals surface area contributed by atoms with E-state index >= 15 is 0 Å². The van der Waals surface area contributed by atoms with Crippen LogP contribution >= 0.6 is 0 Å². The molecule has 2 aromatic rings. The van der Waals surface area contributed by atoms with Crippen molar-refractivity contribution in [1.82, 2.24) is 0 Å². The van der Waals surface area contributed by atoms with Crippen LogP contribution in [0.15, 0.2) is 42.2 Å². The Bertz CT molecular complexity index is 895. The molecule has 25 heavy (non-hydrogen) atoms. The van der Waals surface area contributed by atoms with Gasteiger partial charge in [-0.1, -0.05) is 6.07 Å². The Morgan fingerprint density at radius 2 is 1.92 bits per heavy atom. The molecule has 3 rings (SSSR count). The molecule has 6 nitrogen and oxygen atoms in total. The van der Waals surface area contributed by atoms with Gasteiger partial charge in [0, 0.05) is 6.07 Å². The Morgan fingerprint density at radius 1 is 1.12 bits per heavy atom. The van der Waals surface area contributed by atoms with E-state index in [0.29, 0.717) is 28.6 Å². The molecule has 0 atom stereocenters. The highest BCUT2D eigenvalue weighted by atomic mass is 16.5.